The zero-order valence-corrected chi connectivity index (χ0v) is 8.09. The van der Waals surface area contributed by atoms with Gasteiger partial charge in [0.2, 0.25) is 0 Å². The Labute approximate surface area is 75.5 Å². The zero-order chi connectivity index (χ0) is 8.81. The lowest BCUT2D eigenvalue weighted by atomic mass is 9.99. The summed E-state index contributed by atoms with van der Waals surface area (Å²) in [4.78, 5) is 0. The summed E-state index contributed by atoms with van der Waals surface area (Å²) in [6.45, 7) is 3.80. The fraction of sp³-hybridized carbons (Fsp3) is 1.00. The minimum atomic E-state index is 0.478. The highest BCUT2D eigenvalue weighted by molar-refractivity contribution is 4.79. The van der Waals surface area contributed by atoms with E-state index in [0.29, 0.717) is 6.04 Å². The molecule has 0 saturated heterocycles. The van der Waals surface area contributed by atoms with E-state index in [2.05, 4.69) is 0 Å². The van der Waals surface area contributed by atoms with E-state index in [-0.39, 0.29) is 0 Å². The summed E-state index contributed by atoms with van der Waals surface area (Å²) in [5, 5.41) is 0. The average molecular weight is 171 g/mol. The highest BCUT2D eigenvalue weighted by Gasteiger charge is 2.22. The van der Waals surface area contributed by atoms with Crippen molar-refractivity contribution in [3.63, 3.8) is 0 Å². The van der Waals surface area contributed by atoms with Gasteiger partial charge in [0, 0.05) is 19.3 Å². The Morgan fingerprint density at radius 2 is 2.25 bits per heavy atom. The highest BCUT2D eigenvalue weighted by Crippen LogP contribution is 2.27. The van der Waals surface area contributed by atoms with Gasteiger partial charge in [-0.15, -0.1) is 0 Å². The first kappa shape index (κ1) is 10.0. The Morgan fingerprint density at radius 1 is 1.42 bits per heavy atom. The fourth-order valence-corrected chi connectivity index (χ4v) is 2.02. The minimum absolute atomic E-state index is 0.478. The molecule has 0 heterocycles. The second-order valence-electron chi connectivity index (χ2n) is 3.69. The largest absolute Gasteiger partial charge is 0.382 e. The van der Waals surface area contributed by atoms with Gasteiger partial charge in [-0.05, 0) is 38.5 Å². The number of ether oxygens (including phenoxy) is 1. The average Bonchev–Trinajstić information content (AvgIpc) is 2.46. The number of hydrogen-bond donors (Lipinski definition) is 1. The van der Waals surface area contributed by atoms with Gasteiger partial charge >= 0.3 is 0 Å². The molecule has 1 saturated carbocycles. The maximum absolute atomic E-state index is 5.95. The normalized spacial score (nSPS) is 29.5. The topological polar surface area (TPSA) is 35.2 Å². The van der Waals surface area contributed by atoms with Crippen molar-refractivity contribution in [3.05, 3.63) is 0 Å². The van der Waals surface area contributed by atoms with Crippen LogP contribution in [-0.2, 0) is 4.74 Å². The summed E-state index contributed by atoms with van der Waals surface area (Å²) in [6.07, 6.45) is 6.36. The molecule has 2 N–H and O–H groups in total. The molecular formula is C10H21NO. The van der Waals surface area contributed by atoms with Crippen LogP contribution in [0.15, 0.2) is 0 Å². The number of hydrogen-bond acceptors (Lipinski definition) is 2. The molecule has 2 unspecified atom stereocenters. The summed E-state index contributed by atoms with van der Waals surface area (Å²) in [5.41, 5.74) is 5.95. The predicted octanol–water partition coefficient (Wildman–Crippen LogP) is 1.93. The van der Waals surface area contributed by atoms with E-state index < -0.39 is 0 Å². The van der Waals surface area contributed by atoms with Gasteiger partial charge in [-0.25, -0.2) is 0 Å². The Morgan fingerprint density at radius 3 is 2.83 bits per heavy atom. The van der Waals surface area contributed by atoms with Crippen LogP contribution in [0.4, 0.5) is 0 Å². The van der Waals surface area contributed by atoms with Crippen LogP contribution in [-0.4, -0.2) is 19.3 Å². The van der Waals surface area contributed by atoms with Crippen LogP contribution < -0.4 is 5.73 Å². The van der Waals surface area contributed by atoms with E-state index in [0.717, 1.165) is 19.1 Å². The van der Waals surface area contributed by atoms with Gasteiger partial charge in [0.1, 0.15) is 0 Å². The summed E-state index contributed by atoms with van der Waals surface area (Å²) in [6, 6.07) is 0.478. The van der Waals surface area contributed by atoms with Crippen LogP contribution in [0.2, 0.25) is 0 Å². The Hall–Kier alpha value is -0.0800. The van der Waals surface area contributed by atoms with E-state index in [1.807, 2.05) is 6.92 Å². The lowest BCUT2D eigenvalue weighted by Gasteiger charge is -2.14. The minimum Gasteiger partial charge on any atom is -0.382 e. The van der Waals surface area contributed by atoms with Crippen molar-refractivity contribution in [1.82, 2.24) is 0 Å². The molecule has 0 aliphatic heterocycles. The molecule has 1 fully saturated rings. The molecule has 2 heteroatoms. The zero-order valence-electron chi connectivity index (χ0n) is 8.09. The van der Waals surface area contributed by atoms with Crippen molar-refractivity contribution in [2.45, 2.75) is 45.1 Å². The first-order valence-corrected chi connectivity index (χ1v) is 5.18. The summed E-state index contributed by atoms with van der Waals surface area (Å²) in [7, 11) is 0. The number of nitrogens with two attached hydrogens (primary N) is 1. The SMILES string of the molecule is CCOCCCC1CCCC1N. The molecule has 0 radical (unpaired) electrons. The molecule has 2 atom stereocenters. The molecule has 1 aliphatic carbocycles. The molecule has 0 aromatic carbocycles. The highest BCUT2D eigenvalue weighted by atomic mass is 16.5. The molecule has 2 nitrogen and oxygen atoms in total. The Balaban J connectivity index is 1.98. The molecule has 0 aromatic rings. The van der Waals surface area contributed by atoms with E-state index >= 15 is 0 Å². The third kappa shape index (κ3) is 3.11. The monoisotopic (exact) mass is 171 g/mol. The maximum atomic E-state index is 5.95. The first-order chi connectivity index (χ1) is 5.84. The predicted molar refractivity (Wildman–Crippen MR) is 51.0 cm³/mol. The first-order valence-electron chi connectivity index (χ1n) is 5.18. The summed E-state index contributed by atoms with van der Waals surface area (Å²) >= 11 is 0. The second-order valence-corrected chi connectivity index (χ2v) is 3.69. The van der Waals surface area contributed by atoms with Crippen molar-refractivity contribution in [2.75, 3.05) is 13.2 Å². The molecular weight excluding hydrogens is 150 g/mol. The summed E-state index contributed by atoms with van der Waals surface area (Å²) < 4.78 is 5.29. The van der Waals surface area contributed by atoms with Crippen LogP contribution in [0.3, 0.4) is 0 Å². The quantitative estimate of drug-likeness (QED) is 0.641. The van der Waals surface area contributed by atoms with Gasteiger partial charge in [-0.2, -0.15) is 0 Å². The van der Waals surface area contributed by atoms with Crippen molar-refractivity contribution < 1.29 is 4.74 Å². The van der Waals surface area contributed by atoms with Crippen LogP contribution >= 0.6 is 0 Å². The maximum Gasteiger partial charge on any atom is 0.0466 e. The lowest BCUT2D eigenvalue weighted by Crippen LogP contribution is -2.24. The molecule has 0 amide bonds. The molecule has 0 aromatic heterocycles. The van der Waals surface area contributed by atoms with Gasteiger partial charge in [-0.3, -0.25) is 0 Å². The van der Waals surface area contributed by atoms with E-state index in [1.165, 1.54) is 32.1 Å². The van der Waals surface area contributed by atoms with Gasteiger partial charge in [-0.1, -0.05) is 6.42 Å². The van der Waals surface area contributed by atoms with E-state index in [9.17, 15) is 0 Å². The molecule has 0 spiro atoms. The van der Waals surface area contributed by atoms with Gasteiger partial charge in [0.05, 0.1) is 0 Å². The standard InChI is InChI=1S/C10H21NO/c1-2-12-8-4-6-9-5-3-7-10(9)11/h9-10H,2-8,11H2,1H3. The van der Waals surface area contributed by atoms with Gasteiger partial charge < -0.3 is 10.5 Å². The Kier molecular flexibility index (Phi) is 4.62. The van der Waals surface area contributed by atoms with Crippen molar-refractivity contribution in [1.29, 1.82) is 0 Å². The second kappa shape index (κ2) is 5.55. The van der Waals surface area contributed by atoms with Crippen molar-refractivity contribution >= 4 is 0 Å². The van der Waals surface area contributed by atoms with Crippen molar-refractivity contribution in [3.8, 4) is 0 Å². The van der Waals surface area contributed by atoms with Crippen LogP contribution in [0, 0.1) is 5.92 Å². The Bertz CT molecular complexity index is 116. The molecule has 12 heavy (non-hydrogen) atoms. The number of rotatable bonds is 5. The molecule has 1 rings (SSSR count). The van der Waals surface area contributed by atoms with Gasteiger partial charge in [0.15, 0.2) is 0 Å². The van der Waals surface area contributed by atoms with E-state index in [1.54, 1.807) is 0 Å². The molecule has 72 valence electrons. The van der Waals surface area contributed by atoms with Crippen molar-refractivity contribution in [2.24, 2.45) is 11.7 Å². The molecule has 0 bridgehead atoms. The van der Waals surface area contributed by atoms with Crippen LogP contribution in [0.25, 0.3) is 0 Å². The smallest absolute Gasteiger partial charge is 0.0466 e. The van der Waals surface area contributed by atoms with Gasteiger partial charge in [0.25, 0.3) is 0 Å². The molecule has 1 aliphatic rings. The van der Waals surface area contributed by atoms with Crippen LogP contribution in [0.5, 0.6) is 0 Å². The third-order valence-corrected chi connectivity index (χ3v) is 2.79. The lowest BCUT2D eigenvalue weighted by molar-refractivity contribution is 0.139. The van der Waals surface area contributed by atoms with Crippen LogP contribution in [0.1, 0.15) is 39.0 Å². The summed E-state index contributed by atoms with van der Waals surface area (Å²) in [5.74, 6) is 0.783. The third-order valence-electron chi connectivity index (χ3n) is 2.79. The van der Waals surface area contributed by atoms with E-state index in [4.69, 9.17) is 10.5 Å². The fourth-order valence-electron chi connectivity index (χ4n) is 2.02.